The van der Waals surface area contributed by atoms with Crippen LogP contribution >= 0.6 is 0 Å². The first-order valence-corrected chi connectivity index (χ1v) is 7.29. The van der Waals surface area contributed by atoms with Gasteiger partial charge in [-0.05, 0) is 24.3 Å². The topological polar surface area (TPSA) is 64.0 Å². The summed E-state index contributed by atoms with van der Waals surface area (Å²) in [4.78, 5) is 28.1. The molecular formula is C18H14FN3O2. The quantitative estimate of drug-likeness (QED) is 0.803. The Bertz CT molecular complexity index is 923. The van der Waals surface area contributed by atoms with E-state index < -0.39 is 5.82 Å². The number of amides is 1. The van der Waals surface area contributed by atoms with Crippen molar-refractivity contribution >= 4 is 11.6 Å². The first kappa shape index (κ1) is 15.6. The molecule has 0 fully saturated rings. The molecule has 6 heteroatoms. The maximum absolute atomic E-state index is 13.8. The zero-order valence-electron chi connectivity index (χ0n) is 12.6. The van der Waals surface area contributed by atoms with Gasteiger partial charge in [-0.25, -0.2) is 4.39 Å². The van der Waals surface area contributed by atoms with Crippen molar-refractivity contribution in [2.24, 2.45) is 0 Å². The molecule has 120 valence electrons. The van der Waals surface area contributed by atoms with Crippen LogP contribution in [0.4, 0.5) is 10.1 Å². The molecule has 1 amide bonds. The highest BCUT2D eigenvalue weighted by atomic mass is 19.1. The molecule has 3 rings (SSSR count). The summed E-state index contributed by atoms with van der Waals surface area (Å²) in [5.41, 5.74) is 0.981. The third kappa shape index (κ3) is 3.55. The summed E-state index contributed by atoms with van der Waals surface area (Å²) in [7, 11) is 0. The van der Waals surface area contributed by atoms with E-state index in [4.69, 9.17) is 0 Å². The molecule has 2 aromatic heterocycles. The lowest BCUT2D eigenvalue weighted by Crippen LogP contribution is -2.23. The Labute approximate surface area is 137 Å². The summed E-state index contributed by atoms with van der Waals surface area (Å²) in [6, 6.07) is 12.3. The van der Waals surface area contributed by atoms with Gasteiger partial charge in [-0.2, -0.15) is 0 Å². The van der Waals surface area contributed by atoms with Crippen LogP contribution in [-0.4, -0.2) is 15.5 Å². The zero-order valence-corrected chi connectivity index (χ0v) is 12.6. The molecule has 2 heterocycles. The van der Waals surface area contributed by atoms with E-state index in [0.29, 0.717) is 16.8 Å². The third-order valence-corrected chi connectivity index (χ3v) is 3.48. The number of hydrogen-bond acceptors (Lipinski definition) is 3. The number of hydrogen-bond donors (Lipinski definition) is 1. The predicted molar refractivity (Wildman–Crippen MR) is 88.4 cm³/mol. The van der Waals surface area contributed by atoms with Crippen LogP contribution in [-0.2, 0) is 6.54 Å². The number of nitrogens with one attached hydrogen (secondary N) is 1. The summed E-state index contributed by atoms with van der Waals surface area (Å²) < 4.78 is 15.1. The molecule has 0 unspecified atom stereocenters. The number of pyridine rings is 2. The van der Waals surface area contributed by atoms with Crippen LogP contribution in [0.3, 0.4) is 0 Å². The third-order valence-electron chi connectivity index (χ3n) is 3.48. The molecule has 0 aliphatic carbocycles. The standard InChI is InChI=1S/C18H14FN3O2/c19-16-4-2-1-3-13(16)11-22-12-14(5-6-17(22)23)18(24)21-15-7-9-20-10-8-15/h1-10,12H,11H2,(H,20,21,24). The van der Waals surface area contributed by atoms with E-state index in [9.17, 15) is 14.0 Å². The number of carbonyl (C=O) groups is 1. The van der Waals surface area contributed by atoms with Gasteiger partial charge in [0, 0.05) is 35.9 Å². The Kier molecular flexibility index (Phi) is 4.47. The lowest BCUT2D eigenvalue weighted by molar-refractivity contribution is 0.102. The fourth-order valence-electron chi connectivity index (χ4n) is 2.24. The van der Waals surface area contributed by atoms with Gasteiger partial charge in [-0.3, -0.25) is 14.6 Å². The highest BCUT2D eigenvalue weighted by Crippen LogP contribution is 2.10. The number of halogens is 1. The van der Waals surface area contributed by atoms with Crippen molar-refractivity contribution in [3.8, 4) is 0 Å². The molecule has 5 nitrogen and oxygen atoms in total. The largest absolute Gasteiger partial charge is 0.322 e. The van der Waals surface area contributed by atoms with Crippen LogP contribution in [0, 0.1) is 5.82 Å². The minimum atomic E-state index is -0.393. The molecule has 0 aliphatic rings. The predicted octanol–water partition coefficient (Wildman–Crippen LogP) is 2.68. The fraction of sp³-hybridized carbons (Fsp3) is 0.0556. The first-order chi connectivity index (χ1) is 11.6. The molecule has 0 saturated heterocycles. The van der Waals surface area contributed by atoms with Crippen LogP contribution in [0.1, 0.15) is 15.9 Å². The smallest absolute Gasteiger partial charge is 0.257 e. The molecule has 0 aliphatic heterocycles. The second-order valence-corrected chi connectivity index (χ2v) is 5.17. The van der Waals surface area contributed by atoms with Crippen LogP contribution in [0.25, 0.3) is 0 Å². The van der Waals surface area contributed by atoms with E-state index >= 15 is 0 Å². The van der Waals surface area contributed by atoms with Crippen LogP contribution < -0.4 is 10.9 Å². The molecular weight excluding hydrogens is 309 g/mol. The zero-order chi connectivity index (χ0) is 16.9. The van der Waals surface area contributed by atoms with Gasteiger partial charge in [0.15, 0.2) is 0 Å². The first-order valence-electron chi connectivity index (χ1n) is 7.29. The molecule has 1 aromatic carbocycles. The molecule has 3 aromatic rings. The van der Waals surface area contributed by atoms with E-state index in [1.54, 1.807) is 42.7 Å². The summed E-state index contributed by atoms with van der Waals surface area (Å²) in [6.07, 6.45) is 4.55. The lowest BCUT2D eigenvalue weighted by Gasteiger charge is -2.09. The van der Waals surface area contributed by atoms with Crippen LogP contribution in [0.5, 0.6) is 0 Å². The normalized spacial score (nSPS) is 10.4. The van der Waals surface area contributed by atoms with Gasteiger partial charge in [0.1, 0.15) is 5.82 Å². The van der Waals surface area contributed by atoms with E-state index in [2.05, 4.69) is 10.3 Å². The average Bonchev–Trinajstić information content (AvgIpc) is 2.59. The van der Waals surface area contributed by atoms with Crippen molar-refractivity contribution in [3.05, 3.63) is 94.4 Å². The maximum atomic E-state index is 13.8. The van der Waals surface area contributed by atoms with E-state index in [0.717, 1.165) is 0 Å². The molecule has 0 radical (unpaired) electrons. The van der Waals surface area contributed by atoms with E-state index in [1.165, 1.54) is 29.0 Å². The van der Waals surface area contributed by atoms with Crippen molar-refractivity contribution < 1.29 is 9.18 Å². The van der Waals surface area contributed by atoms with Gasteiger partial charge in [0.25, 0.3) is 11.5 Å². The number of benzene rings is 1. The maximum Gasteiger partial charge on any atom is 0.257 e. The number of rotatable bonds is 4. The number of anilines is 1. The summed E-state index contributed by atoms with van der Waals surface area (Å²) in [6.45, 7) is 0.0574. The van der Waals surface area contributed by atoms with Gasteiger partial charge >= 0.3 is 0 Å². The highest BCUT2D eigenvalue weighted by molar-refractivity contribution is 6.03. The summed E-state index contributed by atoms with van der Waals surface area (Å²) in [5, 5.41) is 2.71. The summed E-state index contributed by atoms with van der Waals surface area (Å²) in [5.74, 6) is -0.750. The summed E-state index contributed by atoms with van der Waals surface area (Å²) >= 11 is 0. The second kappa shape index (κ2) is 6.87. The van der Waals surface area contributed by atoms with E-state index in [1.807, 2.05) is 0 Å². The number of carbonyl (C=O) groups excluding carboxylic acids is 1. The minimum absolute atomic E-state index is 0.0574. The van der Waals surface area contributed by atoms with Gasteiger partial charge in [0.05, 0.1) is 12.1 Å². The van der Waals surface area contributed by atoms with Crippen LogP contribution in [0.15, 0.2) is 71.9 Å². The Hall–Kier alpha value is -3.28. The van der Waals surface area contributed by atoms with Crippen molar-refractivity contribution in [3.63, 3.8) is 0 Å². The lowest BCUT2D eigenvalue weighted by atomic mass is 10.2. The molecule has 1 N–H and O–H groups in total. The Balaban J connectivity index is 1.85. The fourth-order valence-corrected chi connectivity index (χ4v) is 2.24. The Morgan fingerprint density at radius 3 is 2.58 bits per heavy atom. The van der Waals surface area contributed by atoms with E-state index in [-0.39, 0.29) is 18.0 Å². The second-order valence-electron chi connectivity index (χ2n) is 5.17. The highest BCUT2D eigenvalue weighted by Gasteiger charge is 2.09. The van der Waals surface area contributed by atoms with Gasteiger partial charge in [-0.15, -0.1) is 0 Å². The Morgan fingerprint density at radius 2 is 1.83 bits per heavy atom. The molecule has 0 saturated carbocycles. The van der Waals surface area contributed by atoms with Gasteiger partial charge in [-0.1, -0.05) is 18.2 Å². The monoisotopic (exact) mass is 323 g/mol. The van der Waals surface area contributed by atoms with Crippen molar-refractivity contribution in [2.75, 3.05) is 5.32 Å². The van der Waals surface area contributed by atoms with Crippen molar-refractivity contribution in [1.29, 1.82) is 0 Å². The average molecular weight is 323 g/mol. The van der Waals surface area contributed by atoms with Crippen molar-refractivity contribution in [2.45, 2.75) is 6.54 Å². The Morgan fingerprint density at radius 1 is 1.08 bits per heavy atom. The minimum Gasteiger partial charge on any atom is -0.322 e. The SMILES string of the molecule is O=C(Nc1ccncc1)c1ccc(=O)n(Cc2ccccc2F)c1. The number of nitrogens with zero attached hydrogens (tertiary/aromatic N) is 2. The molecule has 0 atom stereocenters. The van der Waals surface area contributed by atoms with Crippen LogP contribution in [0.2, 0.25) is 0 Å². The molecule has 24 heavy (non-hydrogen) atoms. The van der Waals surface area contributed by atoms with Gasteiger partial charge < -0.3 is 9.88 Å². The number of aromatic nitrogens is 2. The molecule has 0 bridgehead atoms. The van der Waals surface area contributed by atoms with Gasteiger partial charge in [0.2, 0.25) is 0 Å². The van der Waals surface area contributed by atoms with Crippen molar-refractivity contribution in [1.82, 2.24) is 9.55 Å². The molecule has 0 spiro atoms.